The largest absolute Gasteiger partial charge is 0.497 e. The van der Waals surface area contributed by atoms with E-state index in [4.69, 9.17) is 9.47 Å². The number of rotatable bonds is 4. The van der Waals surface area contributed by atoms with Gasteiger partial charge in [0.15, 0.2) is 0 Å². The maximum absolute atomic E-state index is 5.59. The van der Waals surface area contributed by atoms with Gasteiger partial charge in [-0.2, -0.15) is 0 Å². The van der Waals surface area contributed by atoms with Crippen molar-refractivity contribution in [2.75, 3.05) is 7.11 Å². The minimum absolute atomic E-state index is 0.511. The lowest BCUT2D eigenvalue weighted by atomic mass is 10.2. The summed E-state index contributed by atoms with van der Waals surface area (Å²) in [7, 11) is 1.65. The summed E-state index contributed by atoms with van der Waals surface area (Å²) in [5.41, 5.74) is 1.09. The number of pyridine rings is 1. The molecule has 0 aliphatic carbocycles. The van der Waals surface area contributed by atoms with Crippen LogP contribution in [0.15, 0.2) is 42.6 Å². The number of halogens is 1. The molecule has 1 aromatic heterocycles. The topological polar surface area (TPSA) is 31.4 Å². The van der Waals surface area contributed by atoms with Gasteiger partial charge in [-0.25, -0.2) is 4.98 Å². The van der Waals surface area contributed by atoms with Crippen LogP contribution in [0.1, 0.15) is 5.56 Å². The molecule has 0 aliphatic heterocycles. The minimum atomic E-state index is 0.511. The fourth-order valence-corrected chi connectivity index (χ4v) is 1.77. The Hall–Kier alpha value is -1.30. The molecule has 0 saturated heterocycles. The first-order valence-electron chi connectivity index (χ1n) is 5.15. The monoisotopic (exact) mass is 341 g/mol. The van der Waals surface area contributed by atoms with Gasteiger partial charge in [-0.05, 0) is 46.4 Å². The summed E-state index contributed by atoms with van der Waals surface area (Å²) in [5, 5.41) is 0. The van der Waals surface area contributed by atoms with Crippen molar-refractivity contribution in [3.05, 3.63) is 51.7 Å². The van der Waals surface area contributed by atoms with E-state index >= 15 is 0 Å². The molecule has 1 aromatic carbocycles. The van der Waals surface area contributed by atoms with E-state index in [0.717, 1.165) is 14.9 Å². The van der Waals surface area contributed by atoms with E-state index in [9.17, 15) is 0 Å². The second-order valence-electron chi connectivity index (χ2n) is 3.45. The zero-order valence-corrected chi connectivity index (χ0v) is 11.5. The van der Waals surface area contributed by atoms with Crippen molar-refractivity contribution in [3.63, 3.8) is 0 Å². The average molecular weight is 341 g/mol. The number of aromatic nitrogens is 1. The number of methoxy groups -OCH3 is 1. The molecule has 0 radical (unpaired) electrons. The lowest BCUT2D eigenvalue weighted by molar-refractivity contribution is 0.293. The highest BCUT2D eigenvalue weighted by atomic mass is 127. The summed E-state index contributed by atoms with van der Waals surface area (Å²) in [6, 6.07) is 11.6. The molecule has 0 bridgehead atoms. The third kappa shape index (κ3) is 3.59. The molecule has 0 N–H and O–H groups in total. The van der Waals surface area contributed by atoms with Crippen molar-refractivity contribution in [3.8, 4) is 11.6 Å². The molecule has 4 heteroatoms. The summed E-state index contributed by atoms with van der Waals surface area (Å²) in [4.78, 5) is 4.14. The first kappa shape index (κ1) is 12.2. The Morgan fingerprint density at radius 3 is 2.59 bits per heavy atom. The highest BCUT2D eigenvalue weighted by Gasteiger charge is 1.98. The van der Waals surface area contributed by atoms with E-state index in [1.54, 1.807) is 13.3 Å². The summed E-state index contributed by atoms with van der Waals surface area (Å²) in [6.07, 6.45) is 1.74. The van der Waals surface area contributed by atoms with Gasteiger partial charge in [-0.3, -0.25) is 0 Å². The number of ether oxygens (including phenoxy) is 2. The maximum Gasteiger partial charge on any atom is 0.214 e. The van der Waals surface area contributed by atoms with Gasteiger partial charge >= 0.3 is 0 Å². The van der Waals surface area contributed by atoms with Crippen molar-refractivity contribution in [1.29, 1.82) is 0 Å². The molecule has 0 spiro atoms. The molecule has 0 fully saturated rings. The number of benzene rings is 1. The normalized spacial score (nSPS) is 10.0. The van der Waals surface area contributed by atoms with Crippen molar-refractivity contribution in [2.45, 2.75) is 6.61 Å². The number of hydrogen-bond acceptors (Lipinski definition) is 3. The fourth-order valence-electron chi connectivity index (χ4n) is 1.34. The molecule has 0 atom stereocenters. The quantitative estimate of drug-likeness (QED) is 0.800. The van der Waals surface area contributed by atoms with Gasteiger partial charge in [0.05, 0.1) is 7.11 Å². The van der Waals surface area contributed by atoms with Crippen LogP contribution in [0, 0.1) is 3.57 Å². The predicted molar refractivity (Wildman–Crippen MR) is 74.3 cm³/mol. The van der Waals surface area contributed by atoms with E-state index in [1.807, 2.05) is 36.4 Å². The Morgan fingerprint density at radius 2 is 1.94 bits per heavy atom. The van der Waals surface area contributed by atoms with Gasteiger partial charge in [-0.1, -0.05) is 12.1 Å². The van der Waals surface area contributed by atoms with E-state index in [-0.39, 0.29) is 0 Å². The van der Waals surface area contributed by atoms with Crippen LogP contribution in [0.5, 0.6) is 11.6 Å². The third-order valence-electron chi connectivity index (χ3n) is 2.24. The van der Waals surface area contributed by atoms with Crippen molar-refractivity contribution in [2.24, 2.45) is 0 Å². The Kier molecular flexibility index (Phi) is 4.19. The van der Waals surface area contributed by atoms with Crippen LogP contribution < -0.4 is 9.47 Å². The molecule has 0 amide bonds. The first-order chi connectivity index (χ1) is 8.28. The average Bonchev–Trinajstić information content (AvgIpc) is 2.37. The smallest absolute Gasteiger partial charge is 0.214 e. The zero-order valence-electron chi connectivity index (χ0n) is 9.39. The molecule has 1 heterocycles. The number of nitrogens with zero attached hydrogens (tertiary/aromatic N) is 1. The van der Waals surface area contributed by atoms with Crippen molar-refractivity contribution in [1.82, 2.24) is 4.98 Å². The van der Waals surface area contributed by atoms with Crippen LogP contribution in [0.25, 0.3) is 0 Å². The standard InChI is InChI=1S/C13H12INO2/c1-16-12-4-2-10(3-5-12)9-17-13-8-11(14)6-7-15-13/h2-8H,9H2,1H3. The summed E-state index contributed by atoms with van der Waals surface area (Å²) in [6.45, 7) is 0.511. The highest BCUT2D eigenvalue weighted by Crippen LogP contribution is 2.15. The van der Waals surface area contributed by atoms with Crippen LogP contribution in [-0.4, -0.2) is 12.1 Å². The first-order valence-corrected chi connectivity index (χ1v) is 6.23. The van der Waals surface area contributed by atoms with Crippen LogP contribution in [-0.2, 0) is 6.61 Å². The summed E-state index contributed by atoms with van der Waals surface area (Å²) >= 11 is 2.23. The Morgan fingerprint density at radius 1 is 1.18 bits per heavy atom. The van der Waals surface area contributed by atoms with Gasteiger partial charge in [-0.15, -0.1) is 0 Å². The molecule has 0 saturated carbocycles. The maximum atomic E-state index is 5.59. The molecule has 2 rings (SSSR count). The van der Waals surface area contributed by atoms with E-state index in [2.05, 4.69) is 27.6 Å². The minimum Gasteiger partial charge on any atom is -0.497 e. The van der Waals surface area contributed by atoms with Crippen LogP contribution in [0.3, 0.4) is 0 Å². The van der Waals surface area contributed by atoms with Gasteiger partial charge in [0.1, 0.15) is 12.4 Å². The van der Waals surface area contributed by atoms with Gasteiger partial charge in [0.25, 0.3) is 0 Å². The van der Waals surface area contributed by atoms with E-state index in [1.165, 1.54) is 0 Å². The van der Waals surface area contributed by atoms with Crippen LogP contribution in [0.2, 0.25) is 0 Å². The molecule has 0 aliphatic rings. The molecule has 2 aromatic rings. The van der Waals surface area contributed by atoms with Crippen LogP contribution in [0.4, 0.5) is 0 Å². The second kappa shape index (κ2) is 5.86. The lowest BCUT2D eigenvalue weighted by Crippen LogP contribution is -1.97. The molecular weight excluding hydrogens is 329 g/mol. The Balaban J connectivity index is 1.97. The highest BCUT2D eigenvalue weighted by molar-refractivity contribution is 14.1. The third-order valence-corrected chi connectivity index (χ3v) is 2.91. The van der Waals surface area contributed by atoms with Crippen LogP contribution >= 0.6 is 22.6 Å². The van der Waals surface area contributed by atoms with Crippen molar-refractivity contribution >= 4 is 22.6 Å². The molecular formula is C13H12INO2. The molecule has 88 valence electrons. The molecule has 0 unspecified atom stereocenters. The van der Waals surface area contributed by atoms with E-state index in [0.29, 0.717) is 12.5 Å². The Bertz CT molecular complexity index is 485. The van der Waals surface area contributed by atoms with Gasteiger partial charge < -0.3 is 9.47 Å². The Labute approximate surface area is 114 Å². The molecule has 17 heavy (non-hydrogen) atoms. The van der Waals surface area contributed by atoms with E-state index < -0.39 is 0 Å². The molecule has 3 nitrogen and oxygen atoms in total. The zero-order chi connectivity index (χ0) is 12.1. The SMILES string of the molecule is COc1ccc(COc2cc(I)ccn2)cc1. The van der Waals surface area contributed by atoms with Gasteiger partial charge in [0, 0.05) is 15.8 Å². The second-order valence-corrected chi connectivity index (χ2v) is 4.69. The number of hydrogen-bond donors (Lipinski definition) is 0. The summed E-state index contributed by atoms with van der Waals surface area (Å²) < 4.78 is 11.8. The van der Waals surface area contributed by atoms with Crippen molar-refractivity contribution < 1.29 is 9.47 Å². The predicted octanol–water partition coefficient (Wildman–Crippen LogP) is 3.27. The fraction of sp³-hybridized carbons (Fsp3) is 0.154. The van der Waals surface area contributed by atoms with Gasteiger partial charge in [0.2, 0.25) is 5.88 Å². The lowest BCUT2D eigenvalue weighted by Gasteiger charge is -2.06. The summed E-state index contributed by atoms with van der Waals surface area (Å²) in [5.74, 6) is 1.49.